The van der Waals surface area contributed by atoms with Crippen molar-refractivity contribution in [3.05, 3.63) is 52.8 Å². The maximum Gasteiger partial charge on any atom is 0.236 e. The summed E-state index contributed by atoms with van der Waals surface area (Å²) >= 11 is 5.00. The Hall–Kier alpha value is -2.16. The van der Waals surface area contributed by atoms with E-state index in [1.165, 1.54) is 10.2 Å². The Kier molecular flexibility index (Phi) is 3.61. The van der Waals surface area contributed by atoms with E-state index in [1.54, 1.807) is 40.8 Å². The lowest BCUT2D eigenvalue weighted by molar-refractivity contribution is 0.542. The molecule has 25 heavy (non-hydrogen) atoms. The molecule has 0 aliphatic carbocycles. The summed E-state index contributed by atoms with van der Waals surface area (Å²) in [4.78, 5) is 5.70. The Morgan fingerprint density at radius 1 is 1.20 bits per heavy atom. The average Bonchev–Trinajstić information content (AvgIpc) is 3.37. The fourth-order valence-electron chi connectivity index (χ4n) is 2.72. The van der Waals surface area contributed by atoms with E-state index >= 15 is 0 Å². The van der Waals surface area contributed by atoms with Crippen LogP contribution in [0.1, 0.15) is 11.5 Å². The summed E-state index contributed by atoms with van der Waals surface area (Å²) in [6.45, 7) is 1.96. The van der Waals surface area contributed by atoms with Gasteiger partial charge in [-0.05, 0) is 35.9 Å². The molecule has 0 fully saturated rings. The van der Waals surface area contributed by atoms with Gasteiger partial charge in [0, 0.05) is 5.75 Å². The molecule has 5 aromatic rings. The van der Waals surface area contributed by atoms with Crippen molar-refractivity contribution in [2.24, 2.45) is 0 Å². The van der Waals surface area contributed by atoms with Crippen LogP contribution in [0.15, 0.2) is 50.8 Å². The first-order chi connectivity index (χ1) is 12.3. The van der Waals surface area contributed by atoms with Gasteiger partial charge in [0.2, 0.25) is 5.89 Å². The third kappa shape index (κ3) is 2.57. The van der Waals surface area contributed by atoms with Gasteiger partial charge in [0.25, 0.3) is 0 Å². The summed E-state index contributed by atoms with van der Waals surface area (Å²) in [7, 11) is 0. The molecule has 0 N–H and O–H groups in total. The number of nitrogens with zero attached hydrogens (tertiary/aromatic N) is 4. The summed E-state index contributed by atoms with van der Waals surface area (Å²) in [5, 5.41) is 13.5. The molecular weight excluding hydrogens is 372 g/mol. The lowest BCUT2D eigenvalue weighted by Crippen LogP contribution is -1.94. The van der Waals surface area contributed by atoms with Gasteiger partial charge in [-0.15, -0.1) is 32.9 Å². The topological polar surface area (TPSA) is 56.2 Å². The highest BCUT2D eigenvalue weighted by atomic mass is 32.2. The van der Waals surface area contributed by atoms with Gasteiger partial charge in [0.05, 0.1) is 26.3 Å². The van der Waals surface area contributed by atoms with Gasteiger partial charge in [-0.2, -0.15) is 0 Å². The summed E-state index contributed by atoms with van der Waals surface area (Å²) in [5.41, 5.74) is 3.21. The van der Waals surface area contributed by atoms with Crippen LogP contribution in [0.4, 0.5) is 0 Å². The highest BCUT2D eigenvalue weighted by molar-refractivity contribution is 7.98. The molecule has 0 unspecified atom stereocenters. The van der Waals surface area contributed by atoms with E-state index in [0.717, 1.165) is 26.9 Å². The molecule has 0 aliphatic heterocycles. The molecule has 0 radical (unpaired) electrons. The number of oxazole rings is 1. The van der Waals surface area contributed by atoms with E-state index in [1.807, 2.05) is 24.4 Å². The Morgan fingerprint density at radius 2 is 2.16 bits per heavy atom. The number of rotatable bonds is 4. The SMILES string of the molecule is Cc1oc(-c2cccs2)nc1CSc1nncn2c1cc1sccc12. The van der Waals surface area contributed by atoms with Crippen molar-refractivity contribution in [1.29, 1.82) is 0 Å². The summed E-state index contributed by atoms with van der Waals surface area (Å²) in [6, 6.07) is 8.30. The molecule has 0 saturated heterocycles. The maximum atomic E-state index is 5.82. The van der Waals surface area contributed by atoms with Gasteiger partial charge < -0.3 is 4.42 Å². The van der Waals surface area contributed by atoms with Gasteiger partial charge in [0.15, 0.2) is 0 Å². The molecule has 0 aromatic carbocycles. The zero-order chi connectivity index (χ0) is 16.8. The standard InChI is InChI=1S/C17H12N4OS3/c1-10-11(19-16(22-10)14-3-2-5-23-14)8-25-17-13-7-15-12(4-6-24-15)21(13)9-18-20-17/h2-7,9H,8H2,1H3. The number of aryl methyl sites for hydroxylation is 1. The third-order valence-corrected chi connectivity index (χ3v) is 6.66. The second kappa shape index (κ2) is 5.98. The van der Waals surface area contributed by atoms with Crippen LogP contribution in [0.3, 0.4) is 0 Å². The second-order valence-corrected chi connectivity index (χ2v) is 8.35. The first-order valence-corrected chi connectivity index (χ1v) is 10.4. The minimum Gasteiger partial charge on any atom is -0.440 e. The highest BCUT2D eigenvalue weighted by Crippen LogP contribution is 2.33. The molecule has 0 spiro atoms. The van der Waals surface area contributed by atoms with Crippen molar-refractivity contribution >= 4 is 50.2 Å². The number of hydrogen-bond donors (Lipinski definition) is 0. The van der Waals surface area contributed by atoms with Gasteiger partial charge in [-0.25, -0.2) is 4.98 Å². The van der Waals surface area contributed by atoms with E-state index in [4.69, 9.17) is 4.42 Å². The Labute approximate surface area is 155 Å². The first kappa shape index (κ1) is 15.1. The molecule has 5 rings (SSSR count). The van der Waals surface area contributed by atoms with Crippen molar-refractivity contribution in [3.63, 3.8) is 0 Å². The lowest BCUT2D eigenvalue weighted by atomic mass is 10.4. The lowest BCUT2D eigenvalue weighted by Gasteiger charge is -2.01. The number of fused-ring (bicyclic) bond motifs is 3. The molecule has 0 aliphatic rings. The molecule has 0 amide bonds. The molecule has 5 nitrogen and oxygen atoms in total. The normalized spacial score (nSPS) is 11.7. The molecular formula is C17H12N4OS3. The van der Waals surface area contributed by atoms with E-state index < -0.39 is 0 Å². The Morgan fingerprint density at radius 3 is 3.04 bits per heavy atom. The van der Waals surface area contributed by atoms with E-state index in [9.17, 15) is 0 Å². The van der Waals surface area contributed by atoms with Gasteiger partial charge in [-0.1, -0.05) is 17.8 Å². The largest absolute Gasteiger partial charge is 0.440 e. The molecule has 0 bridgehead atoms. The molecule has 8 heteroatoms. The Balaban J connectivity index is 1.46. The predicted octanol–water partition coefficient (Wildman–Crippen LogP) is 5.26. The van der Waals surface area contributed by atoms with Crippen molar-refractivity contribution in [2.75, 3.05) is 0 Å². The molecule has 0 atom stereocenters. The molecule has 124 valence electrons. The van der Waals surface area contributed by atoms with E-state index in [2.05, 4.69) is 37.1 Å². The highest BCUT2D eigenvalue weighted by Gasteiger charge is 2.15. The second-order valence-electron chi connectivity index (χ2n) is 5.49. The smallest absolute Gasteiger partial charge is 0.236 e. The minimum atomic E-state index is 0.690. The number of thioether (sulfide) groups is 1. The van der Waals surface area contributed by atoms with Crippen molar-refractivity contribution in [2.45, 2.75) is 17.7 Å². The van der Waals surface area contributed by atoms with Crippen LogP contribution < -0.4 is 0 Å². The fourth-order valence-corrected chi connectivity index (χ4v) is 5.13. The Bertz CT molecular complexity index is 1170. The third-order valence-electron chi connectivity index (χ3n) is 3.97. The molecule has 0 saturated carbocycles. The van der Waals surface area contributed by atoms with Crippen LogP contribution in [0.2, 0.25) is 0 Å². The number of aromatic nitrogens is 4. The number of hydrogen-bond acceptors (Lipinski definition) is 7. The zero-order valence-corrected chi connectivity index (χ0v) is 15.6. The van der Waals surface area contributed by atoms with Crippen LogP contribution >= 0.6 is 34.4 Å². The monoisotopic (exact) mass is 384 g/mol. The summed E-state index contributed by atoms with van der Waals surface area (Å²) < 4.78 is 9.15. The first-order valence-electron chi connectivity index (χ1n) is 7.62. The van der Waals surface area contributed by atoms with Gasteiger partial charge in [0.1, 0.15) is 17.1 Å². The van der Waals surface area contributed by atoms with Crippen molar-refractivity contribution in [1.82, 2.24) is 19.6 Å². The average molecular weight is 385 g/mol. The van der Waals surface area contributed by atoms with Crippen LogP contribution in [0.5, 0.6) is 0 Å². The van der Waals surface area contributed by atoms with Crippen LogP contribution in [0, 0.1) is 6.92 Å². The minimum absolute atomic E-state index is 0.690. The number of thiophene rings is 2. The maximum absolute atomic E-state index is 5.82. The van der Waals surface area contributed by atoms with Crippen molar-refractivity contribution < 1.29 is 4.42 Å². The van der Waals surface area contributed by atoms with Crippen molar-refractivity contribution in [3.8, 4) is 10.8 Å². The quantitative estimate of drug-likeness (QED) is 0.396. The van der Waals surface area contributed by atoms with Gasteiger partial charge >= 0.3 is 0 Å². The summed E-state index contributed by atoms with van der Waals surface area (Å²) in [6.07, 6.45) is 1.77. The molecule has 5 heterocycles. The zero-order valence-electron chi connectivity index (χ0n) is 13.2. The van der Waals surface area contributed by atoms with Gasteiger partial charge in [-0.3, -0.25) is 4.40 Å². The van der Waals surface area contributed by atoms with E-state index in [0.29, 0.717) is 11.6 Å². The van der Waals surface area contributed by atoms with Crippen LogP contribution in [-0.4, -0.2) is 19.6 Å². The fraction of sp³-hybridized carbons (Fsp3) is 0.118. The summed E-state index contributed by atoms with van der Waals surface area (Å²) in [5.74, 6) is 2.25. The predicted molar refractivity (Wildman–Crippen MR) is 102 cm³/mol. The van der Waals surface area contributed by atoms with Crippen LogP contribution in [-0.2, 0) is 5.75 Å². The van der Waals surface area contributed by atoms with Crippen LogP contribution in [0.25, 0.3) is 26.5 Å². The molecule has 5 aromatic heterocycles. The van der Waals surface area contributed by atoms with E-state index in [-0.39, 0.29) is 0 Å².